The number of methoxy groups -OCH3 is 1. The number of amides is 1. The fourth-order valence-corrected chi connectivity index (χ4v) is 2.70. The number of carbonyl (C=O) groups excluding carboxylic acids is 1. The van der Waals surface area contributed by atoms with E-state index in [1.807, 2.05) is 66.7 Å². The van der Waals surface area contributed by atoms with Crippen LogP contribution in [0.5, 0.6) is 0 Å². The predicted molar refractivity (Wildman–Crippen MR) is 97.1 cm³/mol. The van der Waals surface area contributed by atoms with Crippen molar-refractivity contribution < 1.29 is 9.53 Å². The lowest BCUT2D eigenvalue weighted by Gasteiger charge is -2.19. The molecular formula is C21H20N2O2. The van der Waals surface area contributed by atoms with Gasteiger partial charge >= 0.3 is 0 Å². The Hall–Kier alpha value is -2.98. The molecule has 1 unspecified atom stereocenters. The summed E-state index contributed by atoms with van der Waals surface area (Å²) in [6.45, 7) is 0.476. The highest BCUT2D eigenvalue weighted by atomic mass is 16.5. The first-order valence-electron chi connectivity index (χ1n) is 8.12. The zero-order valence-electron chi connectivity index (χ0n) is 14.1. The van der Waals surface area contributed by atoms with Gasteiger partial charge in [0.2, 0.25) is 0 Å². The van der Waals surface area contributed by atoms with E-state index in [-0.39, 0.29) is 11.9 Å². The molecule has 0 bridgehead atoms. The van der Waals surface area contributed by atoms with Gasteiger partial charge in [0.15, 0.2) is 0 Å². The molecule has 0 aliphatic carbocycles. The summed E-state index contributed by atoms with van der Waals surface area (Å²) in [6, 6.07) is 22.7. The van der Waals surface area contributed by atoms with E-state index in [1.54, 1.807) is 19.4 Å². The standard InChI is InChI=1S/C21H20N2O2/c1-25-15-16-8-7-11-18(14-16)21(24)23-20(17-9-3-2-4-10-17)19-12-5-6-13-22-19/h2-14,20H,15H2,1H3,(H,23,24). The van der Waals surface area contributed by atoms with Crippen molar-refractivity contribution in [2.45, 2.75) is 12.6 Å². The van der Waals surface area contributed by atoms with Gasteiger partial charge < -0.3 is 10.1 Å². The summed E-state index contributed by atoms with van der Waals surface area (Å²) in [6.07, 6.45) is 1.73. The molecule has 0 aliphatic heterocycles. The Bertz CT molecular complexity index is 780. The Labute approximate surface area is 147 Å². The highest BCUT2D eigenvalue weighted by Crippen LogP contribution is 2.20. The van der Waals surface area contributed by atoms with Crippen LogP contribution in [0, 0.1) is 0 Å². The molecular weight excluding hydrogens is 312 g/mol. The lowest BCUT2D eigenvalue weighted by Crippen LogP contribution is -2.30. The minimum absolute atomic E-state index is 0.141. The van der Waals surface area contributed by atoms with Crippen molar-refractivity contribution in [1.82, 2.24) is 10.3 Å². The Morgan fingerprint density at radius 2 is 1.84 bits per heavy atom. The number of nitrogens with one attached hydrogen (secondary N) is 1. The van der Waals surface area contributed by atoms with Crippen molar-refractivity contribution in [3.8, 4) is 0 Å². The van der Waals surface area contributed by atoms with Crippen LogP contribution in [-0.4, -0.2) is 18.0 Å². The third kappa shape index (κ3) is 4.31. The molecule has 126 valence electrons. The van der Waals surface area contributed by atoms with Gasteiger partial charge in [-0.15, -0.1) is 0 Å². The van der Waals surface area contributed by atoms with Crippen LogP contribution in [0.1, 0.15) is 33.2 Å². The molecule has 4 heteroatoms. The SMILES string of the molecule is COCc1cccc(C(=O)NC(c2ccccc2)c2ccccn2)c1. The summed E-state index contributed by atoms with van der Waals surface area (Å²) in [5.74, 6) is -0.141. The molecule has 0 saturated carbocycles. The molecule has 2 aromatic carbocycles. The van der Waals surface area contributed by atoms with E-state index in [9.17, 15) is 4.79 Å². The number of carbonyl (C=O) groups is 1. The number of nitrogens with zero attached hydrogens (tertiary/aromatic N) is 1. The lowest BCUT2D eigenvalue weighted by atomic mass is 10.0. The minimum Gasteiger partial charge on any atom is -0.380 e. The monoisotopic (exact) mass is 332 g/mol. The number of benzene rings is 2. The third-order valence-corrected chi connectivity index (χ3v) is 3.89. The molecule has 0 aliphatic rings. The van der Waals surface area contributed by atoms with Crippen molar-refractivity contribution >= 4 is 5.91 Å². The molecule has 1 aromatic heterocycles. The van der Waals surface area contributed by atoms with Crippen LogP contribution in [0.3, 0.4) is 0 Å². The third-order valence-electron chi connectivity index (χ3n) is 3.89. The second kappa shape index (κ2) is 8.22. The molecule has 1 N–H and O–H groups in total. The summed E-state index contributed by atoms with van der Waals surface area (Å²) in [7, 11) is 1.64. The molecule has 1 heterocycles. The summed E-state index contributed by atoms with van der Waals surface area (Å²) >= 11 is 0. The van der Waals surface area contributed by atoms with Crippen LogP contribution >= 0.6 is 0 Å². The van der Waals surface area contributed by atoms with E-state index >= 15 is 0 Å². The number of hydrogen-bond acceptors (Lipinski definition) is 3. The Morgan fingerprint density at radius 3 is 2.56 bits per heavy atom. The summed E-state index contributed by atoms with van der Waals surface area (Å²) in [5, 5.41) is 3.09. The average Bonchev–Trinajstić information content (AvgIpc) is 2.68. The van der Waals surface area contributed by atoms with Crippen LogP contribution in [0.4, 0.5) is 0 Å². The first kappa shape index (κ1) is 16.9. The Morgan fingerprint density at radius 1 is 1.04 bits per heavy atom. The topological polar surface area (TPSA) is 51.2 Å². The van der Waals surface area contributed by atoms with Crippen LogP contribution in [0.2, 0.25) is 0 Å². The number of pyridine rings is 1. The summed E-state index contributed by atoms with van der Waals surface area (Å²) in [4.78, 5) is 17.2. The summed E-state index contributed by atoms with van der Waals surface area (Å²) in [5.41, 5.74) is 3.35. The fraction of sp³-hybridized carbons (Fsp3) is 0.143. The van der Waals surface area contributed by atoms with Gasteiger partial charge in [-0.2, -0.15) is 0 Å². The highest BCUT2D eigenvalue weighted by molar-refractivity contribution is 5.94. The molecule has 0 fully saturated rings. The first-order valence-corrected chi connectivity index (χ1v) is 8.12. The quantitative estimate of drug-likeness (QED) is 0.748. The van der Waals surface area contributed by atoms with Gasteiger partial charge in [-0.3, -0.25) is 9.78 Å². The molecule has 1 atom stereocenters. The van der Waals surface area contributed by atoms with Gasteiger partial charge in [-0.1, -0.05) is 48.5 Å². The zero-order valence-corrected chi connectivity index (χ0v) is 14.1. The van der Waals surface area contributed by atoms with Crippen LogP contribution in [-0.2, 0) is 11.3 Å². The molecule has 3 aromatic rings. The average molecular weight is 332 g/mol. The number of hydrogen-bond donors (Lipinski definition) is 1. The number of aromatic nitrogens is 1. The molecule has 4 nitrogen and oxygen atoms in total. The van der Waals surface area contributed by atoms with Gasteiger partial charge in [0.05, 0.1) is 18.3 Å². The normalized spacial score (nSPS) is 11.7. The lowest BCUT2D eigenvalue weighted by molar-refractivity contribution is 0.0942. The van der Waals surface area contributed by atoms with Crippen molar-refractivity contribution in [2.75, 3.05) is 7.11 Å². The van der Waals surface area contributed by atoms with Crippen molar-refractivity contribution in [3.05, 3.63) is 101 Å². The van der Waals surface area contributed by atoms with Gasteiger partial charge in [0.1, 0.15) is 0 Å². The van der Waals surface area contributed by atoms with E-state index in [1.165, 1.54) is 0 Å². The van der Waals surface area contributed by atoms with E-state index < -0.39 is 0 Å². The first-order chi connectivity index (χ1) is 12.3. The molecule has 0 saturated heterocycles. The Kier molecular flexibility index (Phi) is 5.54. The molecule has 25 heavy (non-hydrogen) atoms. The maximum absolute atomic E-state index is 12.8. The molecule has 0 radical (unpaired) electrons. The maximum Gasteiger partial charge on any atom is 0.252 e. The number of rotatable bonds is 6. The van der Waals surface area contributed by atoms with E-state index in [2.05, 4.69) is 10.3 Å². The van der Waals surface area contributed by atoms with Gasteiger partial charge in [0, 0.05) is 18.9 Å². The largest absolute Gasteiger partial charge is 0.380 e. The van der Waals surface area contributed by atoms with Crippen molar-refractivity contribution in [1.29, 1.82) is 0 Å². The zero-order chi connectivity index (χ0) is 17.5. The summed E-state index contributed by atoms with van der Waals surface area (Å²) < 4.78 is 5.14. The van der Waals surface area contributed by atoms with Crippen molar-refractivity contribution in [2.24, 2.45) is 0 Å². The highest BCUT2D eigenvalue weighted by Gasteiger charge is 2.18. The van der Waals surface area contributed by atoms with Gasteiger partial charge in [-0.25, -0.2) is 0 Å². The smallest absolute Gasteiger partial charge is 0.252 e. The predicted octanol–water partition coefficient (Wildman–Crippen LogP) is 3.75. The fourth-order valence-electron chi connectivity index (χ4n) is 2.70. The molecule has 1 amide bonds. The van der Waals surface area contributed by atoms with Crippen LogP contribution in [0.25, 0.3) is 0 Å². The Balaban J connectivity index is 1.88. The van der Waals surface area contributed by atoms with Crippen LogP contribution < -0.4 is 5.32 Å². The molecule has 3 rings (SSSR count). The second-order valence-corrected chi connectivity index (χ2v) is 5.71. The van der Waals surface area contributed by atoms with Gasteiger partial charge in [0.25, 0.3) is 5.91 Å². The number of ether oxygens (including phenoxy) is 1. The van der Waals surface area contributed by atoms with Gasteiger partial charge in [-0.05, 0) is 35.4 Å². The minimum atomic E-state index is -0.305. The molecule has 0 spiro atoms. The van der Waals surface area contributed by atoms with E-state index in [0.717, 1.165) is 16.8 Å². The second-order valence-electron chi connectivity index (χ2n) is 5.71. The van der Waals surface area contributed by atoms with E-state index in [0.29, 0.717) is 12.2 Å². The van der Waals surface area contributed by atoms with Crippen LogP contribution in [0.15, 0.2) is 79.0 Å². The van der Waals surface area contributed by atoms with Crippen molar-refractivity contribution in [3.63, 3.8) is 0 Å². The maximum atomic E-state index is 12.8. The van der Waals surface area contributed by atoms with E-state index in [4.69, 9.17) is 4.74 Å².